The van der Waals surface area contributed by atoms with Gasteiger partial charge >= 0.3 is 6.09 Å². The highest BCUT2D eigenvalue weighted by Crippen LogP contribution is 2.15. The lowest BCUT2D eigenvalue weighted by atomic mass is 10.2. The predicted molar refractivity (Wildman–Crippen MR) is 64.6 cm³/mol. The van der Waals surface area contributed by atoms with E-state index in [4.69, 9.17) is 11.3 Å². The number of β-amino-alcohol motifs (C(OH)–C–C–N with tert-alkyl or cyclic N) is 1. The topological polar surface area (TPSA) is 54.1 Å². The Labute approximate surface area is 105 Å². The van der Waals surface area contributed by atoms with Crippen molar-refractivity contribution >= 4 is 6.09 Å². The number of hydrogen-bond acceptors (Lipinski definition) is 3. The quantitative estimate of drug-likeness (QED) is 0.800. The van der Waals surface area contributed by atoms with E-state index in [1.165, 1.54) is 4.90 Å². The van der Waals surface area contributed by atoms with Crippen molar-refractivity contribution in [3.05, 3.63) is 47.3 Å². The summed E-state index contributed by atoms with van der Waals surface area (Å²) >= 11 is 0. The maximum atomic E-state index is 11.7. The van der Waals surface area contributed by atoms with E-state index in [9.17, 15) is 9.90 Å². The number of hydrogen-bond donors (Lipinski definition) is 1. The lowest BCUT2D eigenvalue weighted by Gasteiger charge is -2.14. The summed E-state index contributed by atoms with van der Waals surface area (Å²) < 4.78 is 5.13. The summed E-state index contributed by atoms with van der Waals surface area (Å²) in [6.07, 6.45) is -1.25. The van der Waals surface area contributed by atoms with Crippen LogP contribution in [0.5, 0.6) is 0 Å². The fraction of sp³-hybridized carbons (Fsp3) is 0.385. The van der Waals surface area contributed by atoms with Gasteiger partial charge in [-0.3, -0.25) is 4.90 Å². The van der Waals surface area contributed by atoms with Crippen LogP contribution in [0, 0.1) is 6.57 Å². The fourth-order valence-corrected chi connectivity index (χ4v) is 1.86. The maximum Gasteiger partial charge on any atom is 0.410 e. The highest BCUT2D eigenvalue weighted by Gasteiger charge is 2.39. The van der Waals surface area contributed by atoms with Gasteiger partial charge in [-0.1, -0.05) is 30.3 Å². The average molecular weight is 246 g/mol. The third-order valence-electron chi connectivity index (χ3n) is 2.89. The number of aliphatic hydroxyl groups is 1. The first-order valence-corrected chi connectivity index (χ1v) is 5.71. The van der Waals surface area contributed by atoms with Crippen molar-refractivity contribution < 1.29 is 14.6 Å². The van der Waals surface area contributed by atoms with Crippen molar-refractivity contribution in [3.8, 4) is 0 Å². The predicted octanol–water partition coefficient (Wildman–Crippen LogP) is 1.29. The molecule has 1 aliphatic rings. The van der Waals surface area contributed by atoms with E-state index < -0.39 is 18.2 Å². The van der Waals surface area contributed by atoms with Crippen LogP contribution in [0.25, 0.3) is 4.85 Å². The zero-order valence-corrected chi connectivity index (χ0v) is 9.82. The van der Waals surface area contributed by atoms with Gasteiger partial charge in [0.15, 0.2) is 0 Å². The van der Waals surface area contributed by atoms with E-state index in [1.807, 2.05) is 30.3 Å². The molecule has 0 saturated carbocycles. The Kier molecular flexibility index (Phi) is 3.80. The summed E-state index contributed by atoms with van der Waals surface area (Å²) in [5, 5.41) is 9.53. The molecular formula is C13H14N2O3. The molecule has 5 heteroatoms. The van der Waals surface area contributed by atoms with E-state index in [-0.39, 0.29) is 19.7 Å². The van der Waals surface area contributed by atoms with E-state index in [0.29, 0.717) is 0 Å². The van der Waals surface area contributed by atoms with Gasteiger partial charge in [0.2, 0.25) is 0 Å². The second-order valence-corrected chi connectivity index (χ2v) is 4.21. The minimum atomic E-state index is -0.772. The van der Waals surface area contributed by atoms with Crippen LogP contribution in [-0.2, 0) is 11.3 Å². The van der Waals surface area contributed by atoms with Gasteiger partial charge in [0.1, 0.15) is 19.3 Å². The molecule has 0 spiro atoms. The summed E-state index contributed by atoms with van der Waals surface area (Å²) in [6, 6.07) is 8.84. The van der Waals surface area contributed by atoms with Crippen molar-refractivity contribution in [2.45, 2.75) is 18.8 Å². The third kappa shape index (κ3) is 2.79. The molecule has 0 aromatic heterocycles. The number of aliphatic hydroxyl groups excluding tert-OH is 1. The Balaban J connectivity index is 1.85. The van der Waals surface area contributed by atoms with Gasteiger partial charge in [-0.2, -0.15) is 0 Å². The Morgan fingerprint density at radius 2 is 2.17 bits per heavy atom. The number of nitrogens with zero attached hydrogens (tertiary/aromatic N) is 2. The largest absolute Gasteiger partial charge is 0.445 e. The lowest BCUT2D eigenvalue weighted by Crippen LogP contribution is -2.30. The molecule has 2 rings (SSSR count). The number of benzene rings is 1. The molecule has 5 nitrogen and oxygen atoms in total. The Morgan fingerprint density at radius 1 is 1.44 bits per heavy atom. The molecule has 1 heterocycles. The van der Waals surface area contributed by atoms with Crippen molar-refractivity contribution in [1.29, 1.82) is 0 Å². The SMILES string of the molecule is [C-]#[N+][C@H]1CN(C(=O)OCc2ccccc2)C[C@@H]1O. The molecule has 18 heavy (non-hydrogen) atoms. The van der Waals surface area contributed by atoms with Gasteiger partial charge in [0.25, 0.3) is 6.04 Å². The smallest absolute Gasteiger partial charge is 0.410 e. The second kappa shape index (κ2) is 5.52. The summed E-state index contributed by atoms with van der Waals surface area (Å²) in [5.74, 6) is 0. The van der Waals surface area contributed by atoms with E-state index in [1.54, 1.807) is 0 Å². The van der Waals surface area contributed by atoms with Crippen molar-refractivity contribution in [1.82, 2.24) is 4.90 Å². The Hall–Kier alpha value is -2.06. The number of carbonyl (C=O) groups is 1. The van der Waals surface area contributed by atoms with Crippen LogP contribution in [0.1, 0.15) is 5.56 Å². The Bertz CT molecular complexity index is 455. The molecule has 1 fully saturated rings. The molecule has 1 aromatic rings. The third-order valence-corrected chi connectivity index (χ3v) is 2.89. The minimum absolute atomic E-state index is 0.167. The first kappa shape index (κ1) is 12.4. The standard InChI is InChI=1S/C13H14N2O3/c1-14-11-7-15(8-12(11)16)13(17)18-9-10-5-3-2-4-6-10/h2-6,11-12,16H,7-9H2/t11-,12-/m0/s1. The second-order valence-electron chi connectivity index (χ2n) is 4.21. The molecule has 0 unspecified atom stereocenters. The van der Waals surface area contributed by atoms with Crippen LogP contribution < -0.4 is 0 Å². The molecule has 1 saturated heterocycles. The average Bonchev–Trinajstić information content (AvgIpc) is 2.78. The lowest BCUT2D eigenvalue weighted by molar-refractivity contribution is 0.0971. The molecule has 0 bridgehead atoms. The number of carbonyl (C=O) groups excluding carboxylic acids is 1. The number of amides is 1. The van der Waals surface area contributed by atoms with Crippen LogP contribution in [0.15, 0.2) is 30.3 Å². The Morgan fingerprint density at radius 3 is 2.78 bits per heavy atom. The summed E-state index contributed by atoms with van der Waals surface area (Å²) in [6.45, 7) is 7.49. The first-order valence-electron chi connectivity index (χ1n) is 5.71. The highest BCUT2D eigenvalue weighted by molar-refractivity contribution is 5.68. The number of ether oxygens (including phenoxy) is 1. The van der Waals surface area contributed by atoms with Crippen LogP contribution in [0.4, 0.5) is 4.79 Å². The van der Waals surface area contributed by atoms with Crippen LogP contribution in [0.3, 0.4) is 0 Å². The normalized spacial score (nSPS) is 22.6. The molecule has 1 N–H and O–H groups in total. The molecule has 2 atom stereocenters. The minimum Gasteiger partial charge on any atom is -0.445 e. The monoisotopic (exact) mass is 246 g/mol. The van der Waals surface area contributed by atoms with Crippen LogP contribution >= 0.6 is 0 Å². The molecule has 0 radical (unpaired) electrons. The molecular weight excluding hydrogens is 232 g/mol. The van der Waals surface area contributed by atoms with Gasteiger partial charge in [-0.25, -0.2) is 11.4 Å². The maximum absolute atomic E-state index is 11.7. The van der Waals surface area contributed by atoms with Gasteiger partial charge in [-0.15, -0.1) is 0 Å². The van der Waals surface area contributed by atoms with E-state index in [2.05, 4.69) is 4.85 Å². The molecule has 1 aromatic carbocycles. The molecule has 1 aliphatic heterocycles. The van der Waals surface area contributed by atoms with Crippen molar-refractivity contribution in [2.75, 3.05) is 13.1 Å². The van der Waals surface area contributed by atoms with Gasteiger partial charge in [-0.05, 0) is 5.56 Å². The molecule has 94 valence electrons. The molecule has 1 amide bonds. The van der Waals surface area contributed by atoms with Crippen LogP contribution in [0.2, 0.25) is 0 Å². The van der Waals surface area contributed by atoms with Gasteiger partial charge in [0.05, 0.1) is 6.54 Å². The summed E-state index contributed by atoms with van der Waals surface area (Å²) in [5.41, 5.74) is 0.910. The summed E-state index contributed by atoms with van der Waals surface area (Å²) in [4.78, 5) is 16.4. The zero-order chi connectivity index (χ0) is 13.0. The van der Waals surface area contributed by atoms with Crippen molar-refractivity contribution in [3.63, 3.8) is 0 Å². The van der Waals surface area contributed by atoms with Gasteiger partial charge < -0.3 is 14.7 Å². The first-order chi connectivity index (χ1) is 8.70. The zero-order valence-electron chi connectivity index (χ0n) is 9.82. The highest BCUT2D eigenvalue weighted by atomic mass is 16.6. The van der Waals surface area contributed by atoms with Crippen molar-refractivity contribution in [2.24, 2.45) is 0 Å². The number of likely N-dealkylation sites (tertiary alicyclic amines) is 1. The van der Waals surface area contributed by atoms with Gasteiger partial charge in [0, 0.05) is 0 Å². The van der Waals surface area contributed by atoms with Crippen LogP contribution in [-0.4, -0.2) is 41.3 Å². The fourth-order valence-electron chi connectivity index (χ4n) is 1.86. The summed E-state index contributed by atoms with van der Waals surface area (Å²) in [7, 11) is 0. The molecule has 0 aliphatic carbocycles. The number of rotatable bonds is 2. The van der Waals surface area contributed by atoms with E-state index in [0.717, 1.165) is 5.56 Å². The van der Waals surface area contributed by atoms with E-state index >= 15 is 0 Å².